The number of nitrogens with one attached hydrogen (secondary N) is 1. The van der Waals surface area contributed by atoms with Gasteiger partial charge >= 0.3 is 5.97 Å². The first-order chi connectivity index (χ1) is 11.6. The number of anilines is 3. The van der Waals surface area contributed by atoms with Gasteiger partial charge in [-0.2, -0.15) is 0 Å². The molecule has 1 aromatic carbocycles. The molecular weight excluding hydrogens is 308 g/mol. The van der Waals surface area contributed by atoms with Crippen molar-refractivity contribution in [3.05, 3.63) is 48.2 Å². The van der Waals surface area contributed by atoms with Gasteiger partial charge in [0.05, 0.1) is 18.0 Å². The van der Waals surface area contributed by atoms with Crippen LogP contribution in [0.15, 0.2) is 42.6 Å². The molecule has 2 rings (SSSR count). The lowest BCUT2D eigenvalue weighted by atomic mass is 10.1. The normalized spacial score (nSPS) is 10.1. The number of aromatic nitrogens is 1. The number of benzene rings is 1. The number of carbonyl (C=O) groups is 2. The maximum absolute atomic E-state index is 12.8. The van der Waals surface area contributed by atoms with Gasteiger partial charge in [-0.1, -0.05) is 6.07 Å². The number of nitrogen functional groups attached to an aromatic ring is 1. The zero-order chi connectivity index (χ0) is 17.5. The predicted molar refractivity (Wildman–Crippen MR) is 92.9 cm³/mol. The molecule has 0 bridgehead atoms. The van der Waals surface area contributed by atoms with Gasteiger partial charge in [0, 0.05) is 18.8 Å². The number of hydrogen-bond donors (Lipinski definition) is 2. The third-order valence-corrected chi connectivity index (χ3v) is 3.33. The van der Waals surface area contributed by atoms with Crippen molar-refractivity contribution in [2.45, 2.75) is 6.92 Å². The van der Waals surface area contributed by atoms with E-state index in [-0.39, 0.29) is 19.1 Å². The van der Waals surface area contributed by atoms with Crippen molar-refractivity contribution in [1.29, 1.82) is 0 Å². The van der Waals surface area contributed by atoms with E-state index in [4.69, 9.17) is 10.5 Å². The summed E-state index contributed by atoms with van der Waals surface area (Å²) in [6.07, 6.45) is 1.55. The first kappa shape index (κ1) is 17.3. The van der Waals surface area contributed by atoms with Gasteiger partial charge in [0.15, 0.2) is 0 Å². The second kappa shape index (κ2) is 7.96. The molecule has 1 amide bonds. The fourth-order valence-corrected chi connectivity index (χ4v) is 2.19. The van der Waals surface area contributed by atoms with Gasteiger partial charge in [-0.15, -0.1) is 0 Å². The fourth-order valence-electron chi connectivity index (χ4n) is 2.19. The third-order valence-electron chi connectivity index (χ3n) is 3.33. The molecule has 0 saturated heterocycles. The minimum Gasteiger partial charge on any atom is -0.465 e. The van der Waals surface area contributed by atoms with Gasteiger partial charge in [0.1, 0.15) is 12.4 Å². The van der Waals surface area contributed by atoms with Crippen LogP contribution in [0.5, 0.6) is 0 Å². The van der Waals surface area contributed by atoms with E-state index in [1.165, 1.54) is 4.90 Å². The highest BCUT2D eigenvalue weighted by Crippen LogP contribution is 2.21. The fraction of sp³-hybridized carbons (Fsp3) is 0.235. The predicted octanol–water partition coefficient (Wildman–Crippen LogP) is 1.92. The van der Waals surface area contributed by atoms with Crippen LogP contribution >= 0.6 is 0 Å². The minimum atomic E-state index is -0.503. The Morgan fingerprint density at radius 2 is 2.08 bits per heavy atom. The highest BCUT2D eigenvalue weighted by molar-refractivity contribution is 6.08. The summed E-state index contributed by atoms with van der Waals surface area (Å²) < 4.78 is 4.94. The number of amides is 1. The second-order valence-electron chi connectivity index (χ2n) is 4.94. The van der Waals surface area contributed by atoms with Crippen LogP contribution in [0, 0.1) is 0 Å². The highest BCUT2D eigenvalue weighted by atomic mass is 16.5. The van der Waals surface area contributed by atoms with Crippen molar-refractivity contribution in [1.82, 2.24) is 4.98 Å². The topological polar surface area (TPSA) is 97.5 Å². The van der Waals surface area contributed by atoms with E-state index >= 15 is 0 Å². The van der Waals surface area contributed by atoms with Gasteiger partial charge in [0.25, 0.3) is 5.91 Å². The Kier molecular flexibility index (Phi) is 5.73. The molecule has 1 heterocycles. The van der Waals surface area contributed by atoms with Crippen molar-refractivity contribution in [2.75, 3.05) is 36.1 Å². The van der Waals surface area contributed by atoms with Gasteiger partial charge in [-0.25, -0.2) is 4.98 Å². The van der Waals surface area contributed by atoms with E-state index in [1.807, 2.05) is 0 Å². The number of carbonyl (C=O) groups excluding carboxylic acids is 2. The monoisotopic (exact) mass is 328 g/mol. The Bertz CT molecular complexity index is 719. The first-order valence-electron chi connectivity index (χ1n) is 7.52. The van der Waals surface area contributed by atoms with Crippen LogP contribution in [0.25, 0.3) is 0 Å². The smallest absolute Gasteiger partial charge is 0.326 e. The molecular formula is C17H20N4O3. The van der Waals surface area contributed by atoms with Crippen LogP contribution in [-0.2, 0) is 9.53 Å². The summed E-state index contributed by atoms with van der Waals surface area (Å²) in [6, 6.07) is 10.1. The first-order valence-corrected chi connectivity index (χ1v) is 7.52. The highest BCUT2D eigenvalue weighted by Gasteiger charge is 2.22. The van der Waals surface area contributed by atoms with Gasteiger partial charge in [-0.3, -0.25) is 14.5 Å². The second-order valence-corrected chi connectivity index (χ2v) is 4.94. The molecule has 24 heavy (non-hydrogen) atoms. The number of pyridine rings is 1. The zero-order valence-electron chi connectivity index (χ0n) is 13.7. The minimum absolute atomic E-state index is 0.225. The van der Waals surface area contributed by atoms with Crippen LogP contribution in [0.4, 0.5) is 17.2 Å². The number of nitrogens with two attached hydrogens (primary N) is 1. The molecule has 0 fully saturated rings. The van der Waals surface area contributed by atoms with Crippen molar-refractivity contribution < 1.29 is 14.3 Å². The molecule has 7 nitrogen and oxygen atoms in total. The molecule has 1 aromatic heterocycles. The summed E-state index contributed by atoms with van der Waals surface area (Å²) in [6.45, 7) is 1.73. The number of esters is 1. The van der Waals surface area contributed by atoms with Crippen molar-refractivity contribution >= 4 is 29.1 Å². The summed E-state index contributed by atoms with van der Waals surface area (Å²) in [4.78, 5) is 30.1. The van der Waals surface area contributed by atoms with Gasteiger partial charge in [-0.05, 0) is 37.3 Å². The summed E-state index contributed by atoms with van der Waals surface area (Å²) in [5.74, 6) is -0.515. The SMILES string of the molecule is CCOC(=O)CN(C(=O)c1ccc(NC)c(N)c1)c1ccccn1. The molecule has 0 spiro atoms. The standard InChI is InChI=1S/C17H20N4O3/c1-3-24-16(22)11-21(15-6-4-5-9-20-15)17(23)12-7-8-14(19-2)13(18)10-12/h4-10,19H,3,11,18H2,1-2H3. The van der Waals surface area contributed by atoms with E-state index in [9.17, 15) is 9.59 Å². The number of ether oxygens (including phenoxy) is 1. The number of hydrogen-bond acceptors (Lipinski definition) is 6. The maximum Gasteiger partial charge on any atom is 0.326 e. The molecule has 3 N–H and O–H groups in total. The Hall–Kier alpha value is -3.09. The third kappa shape index (κ3) is 4.01. The van der Waals surface area contributed by atoms with E-state index in [1.54, 1.807) is 56.6 Å². The quantitative estimate of drug-likeness (QED) is 0.621. The Morgan fingerprint density at radius 3 is 2.67 bits per heavy atom. The lowest BCUT2D eigenvalue weighted by Crippen LogP contribution is -2.37. The lowest BCUT2D eigenvalue weighted by Gasteiger charge is -2.21. The molecule has 0 saturated carbocycles. The Morgan fingerprint density at radius 1 is 1.29 bits per heavy atom. The molecule has 0 aliphatic carbocycles. The molecule has 0 aliphatic heterocycles. The van der Waals surface area contributed by atoms with Crippen molar-refractivity contribution in [2.24, 2.45) is 0 Å². The summed E-state index contributed by atoms with van der Waals surface area (Å²) in [5.41, 5.74) is 7.45. The number of rotatable bonds is 6. The van der Waals surface area contributed by atoms with E-state index < -0.39 is 5.97 Å². The summed E-state index contributed by atoms with van der Waals surface area (Å²) in [7, 11) is 1.74. The largest absolute Gasteiger partial charge is 0.465 e. The molecule has 0 radical (unpaired) electrons. The number of nitrogens with zero attached hydrogens (tertiary/aromatic N) is 2. The molecule has 2 aromatic rings. The van der Waals surface area contributed by atoms with Crippen LogP contribution in [0.3, 0.4) is 0 Å². The van der Waals surface area contributed by atoms with Crippen LogP contribution in [-0.4, -0.2) is 37.1 Å². The summed E-state index contributed by atoms with van der Waals surface area (Å²) >= 11 is 0. The lowest BCUT2D eigenvalue weighted by molar-refractivity contribution is -0.141. The van der Waals surface area contributed by atoms with Crippen molar-refractivity contribution in [3.63, 3.8) is 0 Å². The van der Waals surface area contributed by atoms with Crippen LogP contribution in [0.2, 0.25) is 0 Å². The molecule has 0 unspecified atom stereocenters. The average Bonchev–Trinajstić information content (AvgIpc) is 2.60. The van der Waals surface area contributed by atoms with E-state index in [0.717, 1.165) is 5.69 Å². The molecule has 0 aliphatic rings. The molecule has 7 heteroatoms. The van der Waals surface area contributed by atoms with Crippen molar-refractivity contribution in [3.8, 4) is 0 Å². The van der Waals surface area contributed by atoms with E-state index in [2.05, 4.69) is 10.3 Å². The average molecular weight is 328 g/mol. The Labute approximate surface area is 140 Å². The van der Waals surface area contributed by atoms with Crippen LogP contribution in [0.1, 0.15) is 17.3 Å². The molecule has 0 atom stereocenters. The van der Waals surface area contributed by atoms with Gasteiger partial charge < -0.3 is 15.8 Å². The van der Waals surface area contributed by atoms with Gasteiger partial charge in [0.2, 0.25) is 0 Å². The van der Waals surface area contributed by atoms with Crippen LogP contribution < -0.4 is 16.0 Å². The zero-order valence-corrected chi connectivity index (χ0v) is 13.7. The maximum atomic E-state index is 12.8. The van der Waals surface area contributed by atoms with E-state index in [0.29, 0.717) is 17.1 Å². The summed E-state index contributed by atoms with van der Waals surface area (Å²) in [5, 5.41) is 2.93. The Balaban J connectivity index is 2.33. The molecule has 126 valence electrons.